The molecule has 144 valence electrons. The van der Waals surface area contributed by atoms with Crippen LogP contribution in [0.25, 0.3) is 10.9 Å². The van der Waals surface area contributed by atoms with Crippen molar-refractivity contribution in [1.29, 1.82) is 0 Å². The molecular weight excluding hydrogens is 401 g/mol. The predicted octanol–water partition coefficient (Wildman–Crippen LogP) is 3.85. The number of aromatic nitrogens is 1. The maximum Gasteiger partial charge on any atom is 0.270 e. The quantitative estimate of drug-likeness (QED) is 0.675. The van der Waals surface area contributed by atoms with Crippen LogP contribution < -0.4 is 10.7 Å². The summed E-state index contributed by atoms with van der Waals surface area (Å²) in [7, 11) is 1.47. The third kappa shape index (κ3) is 4.18. The van der Waals surface area contributed by atoms with Crippen molar-refractivity contribution in [2.45, 2.75) is 6.92 Å². The smallest absolute Gasteiger partial charge is 0.270 e. The Morgan fingerprint density at radius 2 is 1.79 bits per heavy atom. The fourth-order valence-corrected chi connectivity index (χ4v) is 3.26. The minimum Gasteiger partial charge on any atom is -0.350 e. The van der Waals surface area contributed by atoms with Crippen molar-refractivity contribution in [2.24, 2.45) is 0 Å². The topological polar surface area (TPSA) is 82.3 Å². The average Bonchev–Trinajstić information content (AvgIpc) is 2.64. The molecule has 2 amide bonds. The number of rotatable bonds is 4. The van der Waals surface area contributed by atoms with Gasteiger partial charge in [0, 0.05) is 24.0 Å². The second-order valence-electron chi connectivity index (χ2n) is 6.40. The highest BCUT2D eigenvalue weighted by molar-refractivity contribution is 6.39. The SMILES string of the molecule is Cc1ccc2[nH]c(C(=O)N(C)CC(=O)Nc3c(Cl)cccc3Cl)cc(=O)c2c1. The van der Waals surface area contributed by atoms with Crippen molar-refractivity contribution in [1.82, 2.24) is 9.88 Å². The summed E-state index contributed by atoms with van der Waals surface area (Å²) in [6.07, 6.45) is 0. The molecule has 3 aromatic rings. The van der Waals surface area contributed by atoms with Crippen LogP contribution in [0.2, 0.25) is 10.0 Å². The zero-order valence-corrected chi connectivity index (χ0v) is 16.7. The number of para-hydroxylation sites is 1. The fraction of sp³-hybridized carbons (Fsp3) is 0.150. The van der Waals surface area contributed by atoms with Gasteiger partial charge in [-0.3, -0.25) is 14.4 Å². The number of fused-ring (bicyclic) bond motifs is 1. The molecule has 0 aliphatic heterocycles. The third-order valence-corrected chi connectivity index (χ3v) is 4.80. The zero-order valence-electron chi connectivity index (χ0n) is 15.2. The van der Waals surface area contributed by atoms with Crippen molar-refractivity contribution >= 4 is 51.6 Å². The number of amides is 2. The van der Waals surface area contributed by atoms with Gasteiger partial charge in [-0.1, -0.05) is 40.9 Å². The summed E-state index contributed by atoms with van der Waals surface area (Å²) in [6, 6.07) is 11.4. The first-order chi connectivity index (χ1) is 13.3. The van der Waals surface area contributed by atoms with Crippen molar-refractivity contribution in [2.75, 3.05) is 18.9 Å². The number of carbonyl (C=O) groups excluding carboxylic acids is 2. The number of H-pyrrole nitrogens is 1. The van der Waals surface area contributed by atoms with E-state index in [2.05, 4.69) is 10.3 Å². The monoisotopic (exact) mass is 417 g/mol. The molecule has 28 heavy (non-hydrogen) atoms. The van der Waals surface area contributed by atoms with Crippen LogP contribution >= 0.6 is 23.2 Å². The summed E-state index contributed by atoms with van der Waals surface area (Å²) in [6.45, 7) is 1.64. The molecule has 0 aliphatic carbocycles. The van der Waals surface area contributed by atoms with E-state index in [-0.39, 0.29) is 23.4 Å². The van der Waals surface area contributed by atoms with Crippen LogP contribution in [-0.2, 0) is 4.79 Å². The highest BCUT2D eigenvalue weighted by Crippen LogP contribution is 2.29. The Morgan fingerprint density at radius 1 is 1.11 bits per heavy atom. The Hall–Kier alpha value is -2.83. The first kappa shape index (κ1) is 19.9. The van der Waals surface area contributed by atoms with Crippen molar-refractivity contribution < 1.29 is 9.59 Å². The van der Waals surface area contributed by atoms with Gasteiger partial charge < -0.3 is 15.2 Å². The molecule has 0 saturated heterocycles. The molecule has 0 aliphatic rings. The van der Waals surface area contributed by atoms with E-state index in [1.165, 1.54) is 18.0 Å². The second kappa shape index (κ2) is 8.04. The van der Waals surface area contributed by atoms with E-state index in [9.17, 15) is 14.4 Å². The number of nitrogens with one attached hydrogen (secondary N) is 2. The van der Waals surface area contributed by atoms with E-state index in [1.807, 2.05) is 13.0 Å². The average molecular weight is 418 g/mol. The molecule has 1 heterocycles. The Kier molecular flexibility index (Phi) is 5.72. The Morgan fingerprint density at radius 3 is 2.46 bits per heavy atom. The van der Waals surface area contributed by atoms with Crippen LogP contribution in [-0.4, -0.2) is 35.3 Å². The number of benzene rings is 2. The summed E-state index contributed by atoms with van der Waals surface area (Å²) >= 11 is 12.1. The van der Waals surface area contributed by atoms with Gasteiger partial charge >= 0.3 is 0 Å². The minimum atomic E-state index is -0.486. The molecule has 3 rings (SSSR count). The number of carbonyl (C=O) groups is 2. The summed E-state index contributed by atoms with van der Waals surface area (Å²) in [5, 5.41) is 3.69. The van der Waals surface area contributed by atoms with Crippen LogP contribution in [0.5, 0.6) is 0 Å². The van der Waals surface area contributed by atoms with E-state index < -0.39 is 11.8 Å². The van der Waals surface area contributed by atoms with Gasteiger partial charge in [0.2, 0.25) is 5.91 Å². The molecule has 0 spiro atoms. The molecule has 2 N–H and O–H groups in total. The van der Waals surface area contributed by atoms with Gasteiger partial charge in [0.05, 0.1) is 22.3 Å². The summed E-state index contributed by atoms with van der Waals surface area (Å²) in [4.78, 5) is 41.4. The van der Waals surface area contributed by atoms with Gasteiger partial charge in [-0.25, -0.2) is 0 Å². The molecular formula is C20H17Cl2N3O3. The minimum absolute atomic E-state index is 0.104. The van der Waals surface area contributed by atoms with Crippen LogP contribution in [0.4, 0.5) is 5.69 Å². The fourth-order valence-electron chi connectivity index (χ4n) is 2.77. The normalized spacial score (nSPS) is 10.7. The lowest BCUT2D eigenvalue weighted by Crippen LogP contribution is -2.35. The first-order valence-corrected chi connectivity index (χ1v) is 9.15. The molecule has 8 heteroatoms. The zero-order chi connectivity index (χ0) is 20.4. The Labute approximate surface area is 171 Å². The van der Waals surface area contributed by atoms with Crippen molar-refractivity contribution in [3.63, 3.8) is 0 Å². The second-order valence-corrected chi connectivity index (χ2v) is 7.22. The molecule has 0 saturated carbocycles. The number of likely N-dealkylation sites (N-methyl/N-ethyl adjacent to an activating group) is 1. The third-order valence-electron chi connectivity index (χ3n) is 4.17. The lowest BCUT2D eigenvalue weighted by molar-refractivity contribution is -0.116. The van der Waals surface area contributed by atoms with Crippen molar-refractivity contribution in [3.05, 3.63) is 74.0 Å². The number of halogens is 2. The largest absolute Gasteiger partial charge is 0.350 e. The summed E-state index contributed by atoms with van der Waals surface area (Å²) in [5.41, 5.74) is 1.63. The van der Waals surface area contributed by atoms with E-state index in [4.69, 9.17) is 23.2 Å². The maximum absolute atomic E-state index is 12.7. The molecule has 2 aromatic carbocycles. The van der Waals surface area contributed by atoms with Crippen LogP contribution in [0.15, 0.2) is 47.3 Å². The molecule has 0 unspecified atom stereocenters. The summed E-state index contributed by atoms with van der Waals surface area (Å²) < 4.78 is 0. The van der Waals surface area contributed by atoms with E-state index >= 15 is 0 Å². The number of aromatic amines is 1. The number of hydrogen-bond donors (Lipinski definition) is 2. The molecule has 6 nitrogen and oxygen atoms in total. The number of pyridine rings is 1. The van der Waals surface area contributed by atoms with Crippen LogP contribution in [0, 0.1) is 6.92 Å². The van der Waals surface area contributed by atoms with Gasteiger partial charge in [-0.15, -0.1) is 0 Å². The molecule has 0 atom stereocenters. The van der Waals surface area contributed by atoms with Crippen molar-refractivity contribution in [3.8, 4) is 0 Å². The highest BCUT2D eigenvalue weighted by Gasteiger charge is 2.18. The van der Waals surface area contributed by atoms with Gasteiger partial charge in [0.15, 0.2) is 5.43 Å². The van der Waals surface area contributed by atoms with Crippen LogP contribution in [0.3, 0.4) is 0 Å². The first-order valence-electron chi connectivity index (χ1n) is 8.39. The van der Waals surface area contributed by atoms with Gasteiger partial charge in [0.1, 0.15) is 5.69 Å². The standard InChI is InChI=1S/C20H17Cl2N3O3/c1-11-6-7-15-12(8-11)17(26)9-16(23-15)20(28)25(2)10-18(27)24-19-13(21)4-3-5-14(19)22/h3-9H,10H2,1-2H3,(H,23,26)(H,24,27). The van der Waals surface area contributed by atoms with E-state index in [1.54, 1.807) is 30.3 Å². The highest BCUT2D eigenvalue weighted by atomic mass is 35.5. The van der Waals surface area contributed by atoms with Gasteiger partial charge in [0.25, 0.3) is 5.91 Å². The number of hydrogen-bond acceptors (Lipinski definition) is 3. The number of nitrogens with zero attached hydrogens (tertiary/aromatic N) is 1. The van der Waals surface area contributed by atoms with E-state index in [0.29, 0.717) is 20.9 Å². The number of aryl methyl sites for hydroxylation is 1. The summed E-state index contributed by atoms with van der Waals surface area (Å²) in [5.74, 6) is -0.954. The molecule has 0 radical (unpaired) electrons. The Bertz CT molecular complexity index is 1120. The predicted molar refractivity (Wildman–Crippen MR) is 111 cm³/mol. The molecule has 0 fully saturated rings. The van der Waals surface area contributed by atoms with Gasteiger partial charge in [-0.05, 0) is 31.2 Å². The maximum atomic E-state index is 12.7. The molecule has 1 aromatic heterocycles. The van der Waals surface area contributed by atoms with Crippen LogP contribution in [0.1, 0.15) is 16.1 Å². The Balaban J connectivity index is 1.77. The van der Waals surface area contributed by atoms with E-state index in [0.717, 1.165) is 5.56 Å². The molecule has 0 bridgehead atoms. The number of anilines is 1. The lowest BCUT2D eigenvalue weighted by Gasteiger charge is -2.17. The van der Waals surface area contributed by atoms with Gasteiger partial charge in [-0.2, -0.15) is 0 Å². The lowest BCUT2D eigenvalue weighted by atomic mass is 10.1.